The Morgan fingerprint density at radius 1 is 1.47 bits per heavy atom. The second kappa shape index (κ2) is 5.44. The second-order valence-corrected chi connectivity index (χ2v) is 4.02. The summed E-state index contributed by atoms with van der Waals surface area (Å²) in [6.07, 6.45) is 3.06. The molecule has 1 saturated carbocycles. The summed E-state index contributed by atoms with van der Waals surface area (Å²) in [6, 6.07) is 0.232. The van der Waals surface area contributed by atoms with Crippen molar-refractivity contribution in [3.05, 3.63) is 16.4 Å². The van der Waals surface area contributed by atoms with E-state index in [1.807, 2.05) is 0 Å². The molecule has 102 valence electrons. The van der Waals surface area contributed by atoms with Crippen LogP contribution in [0.5, 0.6) is 0 Å². The number of amides is 1. The summed E-state index contributed by atoms with van der Waals surface area (Å²) >= 11 is 0. The summed E-state index contributed by atoms with van der Waals surface area (Å²) < 4.78 is 0. The van der Waals surface area contributed by atoms with Crippen molar-refractivity contribution >= 4 is 23.2 Å². The molecule has 10 nitrogen and oxygen atoms in total. The minimum absolute atomic E-state index is 0.0566. The van der Waals surface area contributed by atoms with E-state index >= 15 is 0 Å². The largest absolute Gasteiger partial charge is 0.355 e. The number of nitro groups is 1. The topological polar surface area (TPSA) is 148 Å². The zero-order chi connectivity index (χ0) is 13.8. The number of nitrogens with two attached hydrogens (primary N) is 1. The molecule has 19 heavy (non-hydrogen) atoms. The van der Waals surface area contributed by atoms with Gasteiger partial charge in [-0.05, 0) is 12.8 Å². The lowest BCUT2D eigenvalue weighted by molar-refractivity contribution is -0.383. The molecular weight excluding hydrogens is 254 g/mol. The van der Waals surface area contributed by atoms with Crippen molar-refractivity contribution in [1.29, 1.82) is 0 Å². The number of carbonyl (C=O) groups is 1. The Bertz CT molecular complexity index is 503. The van der Waals surface area contributed by atoms with E-state index < -0.39 is 10.6 Å². The third-order valence-corrected chi connectivity index (χ3v) is 2.50. The minimum atomic E-state index is -0.670. The van der Waals surface area contributed by atoms with Crippen LogP contribution in [0.2, 0.25) is 0 Å². The van der Waals surface area contributed by atoms with Crippen molar-refractivity contribution < 1.29 is 9.72 Å². The molecule has 0 radical (unpaired) electrons. The lowest BCUT2D eigenvalue weighted by atomic mass is 10.4. The van der Waals surface area contributed by atoms with Crippen LogP contribution in [0.3, 0.4) is 0 Å². The van der Waals surface area contributed by atoms with E-state index in [2.05, 4.69) is 26.0 Å². The summed E-state index contributed by atoms with van der Waals surface area (Å²) in [7, 11) is 0. The number of aromatic nitrogens is 2. The molecule has 10 heteroatoms. The number of hydrogen-bond donors (Lipinski definition) is 4. The molecule has 1 aliphatic rings. The molecule has 0 aliphatic heterocycles. The second-order valence-electron chi connectivity index (χ2n) is 4.02. The number of hydrazine groups is 1. The maximum atomic E-state index is 11.5. The zero-order valence-corrected chi connectivity index (χ0v) is 9.92. The van der Waals surface area contributed by atoms with Crippen molar-refractivity contribution in [2.45, 2.75) is 18.9 Å². The number of rotatable bonds is 6. The van der Waals surface area contributed by atoms with Crippen molar-refractivity contribution in [1.82, 2.24) is 15.3 Å². The maximum absolute atomic E-state index is 11.5. The number of nitrogens with one attached hydrogen (secondary N) is 3. The molecule has 1 aromatic rings. The van der Waals surface area contributed by atoms with E-state index in [4.69, 9.17) is 5.84 Å². The third-order valence-electron chi connectivity index (χ3n) is 2.50. The number of carbonyl (C=O) groups excluding carboxylic acids is 1. The predicted molar refractivity (Wildman–Crippen MR) is 66.2 cm³/mol. The molecule has 1 amide bonds. The maximum Gasteiger partial charge on any atom is 0.354 e. The fourth-order valence-electron chi connectivity index (χ4n) is 1.46. The zero-order valence-electron chi connectivity index (χ0n) is 9.92. The van der Waals surface area contributed by atoms with Gasteiger partial charge in [0.1, 0.15) is 6.33 Å². The lowest BCUT2D eigenvalue weighted by Crippen LogP contribution is -2.31. The number of hydrogen-bond acceptors (Lipinski definition) is 8. The van der Waals surface area contributed by atoms with E-state index in [0.29, 0.717) is 0 Å². The van der Waals surface area contributed by atoms with Crippen LogP contribution in [0.15, 0.2) is 6.33 Å². The van der Waals surface area contributed by atoms with Crippen LogP contribution >= 0.6 is 0 Å². The molecule has 5 N–H and O–H groups in total. The number of nitrogen functional groups attached to an aromatic ring is 1. The average molecular weight is 267 g/mol. The SMILES string of the molecule is NNc1ncnc(NCC(=O)NC2CC2)c1[N+](=O)[O-]. The molecule has 1 fully saturated rings. The summed E-state index contributed by atoms with van der Waals surface area (Å²) in [6.45, 7) is -0.0988. The van der Waals surface area contributed by atoms with Crippen molar-refractivity contribution in [2.75, 3.05) is 17.3 Å². The van der Waals surface area contributed by atoms with Crippen LogP contribution in [0, 0.1) is 10.1 Å². The van der Waals surface area contributed by atoms with Crippen LogP contribution in [0.25, 0.3) is 0 Å². The molecule has 0 saturated heterocycles. The van der Waals surface area contributed by atoms with Gasteiger partial charge in [-0.15, -0.1) is 0 Å². The highest BCUT2D eigenvalue weighted by Crippen LogP contribution is 2.27. The van der Waals surface area contributed by atoms with Crippen LogP contribution in [0.1, 0.15) is 12.8 Å². The molecule has 0 aromatic carbocycles. The third kappa shape index (κ3) is 3.25. The Labute approximate surface area is 107 Å². The average Bonchev–Trinajstić information content (AvgIpc) is 3.19. The Morgan fingerprint density at radius 2 is 2.16 bits per heavy atom. The van der Waals surface area contributed by atoms with Gasteiger partial charge in [-0.3, -0.25) is 14.9 Å². The fourth-order valence-corrected chi connectivity index (χ4v) is 1.46. The van der Waals surface area contributed by atoms with E-state index in [9.17, 15) is 14.9 Å². The standard InChI is InChI=1S/C9H13N7O3/c10-15-9-7(16(18)19)8(12-4-13-9)11-3-6(17)14-5-1-2-5/h4-5H,1-3,10H2,(H,14,17)(H2,11,12,13,15). The van der Waals surface area contributed by atoms with Gasteiger partial charge in [0.05, 0.1) is 11.5 Å². The Hall–Kier alpha value is -2.49. The van der Waals surface area contributed by atoms with Gasteiger partial charge in [-0.2, -0.15) is 0 Å². The summed E-state index contributed by atoms with van der Waals surface area (Å²) in [4.78, 5) is 29.1. The highest BCUT2D eigenvalue weighted by molar-refractivity contribution is 5.82. The van der Waals surface area contributed by atoms with Gasteiger partial charge >= 0.3 is 5.69 Å². The molecule has 0 atom stereocenters. The van der Waals surface area contributed by atoms with Gasteiger partial charge in [0, 0.05) is 6.04 Å². The van der Waals surface area contributed by atoms with E-state index in [1.165, 1.54) is 0 Å². The van der Waals surface area contributed by atoms with Gasteiger partial charge in [0.2, 0.25) is 17.5 Å². The molecule has 1 heterocycles. The van der Waals surface area contributed by atoms with Crippen LogP contribution in [-0.2, 0) is 4.79 Å². The Morgan fingerprint density at radius 3 is 2.74 bits per heavy atom. The van der Waals surface area contributed by atoms with Gasteiger partial charge in [0.25, 0.3) is 0 Å². The smallest absolute Gasteiger partial charge is 0.354 e. The summed E-state index contributed by atoms with van der Waals surface area (Å²) in [5.41, 5.74) is 1.71. The normalized spacial score (nSPS) is 13.7. The van der Waals surface area contributed by atoms with E-state index in [-0.39, 0.29) is 30.1 Å². The van der Waals surface area contributed by atoms with Crippen LogP contribution in [0.4, 0.5) is 17.3 Å². The van der Waals surface area contributed by atoms with E-state index in [0.717, 1.165) is 19.2 Å². The first-order valence-corrected chi connectivity index (χ1v) is 5.61. The number of anilines is 2. The molecule has 1 aromatic heterocycles. The Balaban J connectivity index is 2.05. The molecule has 0 unspecified atom stereocenters. The minimum Gasteiger partial charge on any atom is -0.355 e. The van der Waals surface area contributed by atoms with Crippen LogP contribution < -0.4 is 21.9 Å². The van der Waals surface area contributed by atoms with Gasteiger partial charge in [0.15, 0.2) is 0 Å². The van der Waals surface area contributed by atoms with Gasteiger partial charge in [-0.1, -0.05) is 0 Å². The molecule has 1 aliphatic carbocycles. The first kappa shape index (κ1) is 13.0. The first-order valence-electron chi connectivity index (χ1n) is 5.61. The van der Waals surface area contributed by atoms with Crippen molar-refractivity contribution in [3.63, 3.8) is 0 Å². The van der Waals surface area contributed by atoms with Gasteiger partial charge in [-0.25, -0.2) is 15.8 Å². The monoisotopic (exact) mass is 267 g/mol. The lowest BCUT2D eigenvalue weighted by Gasteiger charge is -2.08. The summed E-state index contributed by atoms with van der Waals surface area (Å²) in [5, 5.41) is 16.3. The molecule has 0 spiro atoms. The summed E-state index contributed by atoms with van der Waals surface area (Å²) in [5.74, 6) is 4.72. The Kier molecular flexibility index (Phi) is 3.71. The predicted octanol–water partition coefficient (Wildman–Crippen LogP) is -0.639. The number of nitrogens with zero attached hydrogens (tertiary/aromatic N) is 3. The highest BCUT2D eigenvalue weighted by Gasteiger charge is 2.25. The van der Waals surface area contributed by atoms with E-state index in [1.54, 1.807) is 0 Å². The molecular formula is C9H13N7O3. The molecule has 2 rings (SSSR count). The van der Waals surface area contributed by atoms with Crippen molar-refractivity contribution in [2.24, 2.45) is 5.84 Å². The first-order chi connectivity index (χ1) is 9.11. The van der Waals surface area contributed by atoms with Gasteiger partial charge < -0.3 is 16.1 Å². The highest BCUT2D eigenvalue weighted by atomic mass is 16.6. The van der Waals surface area contributed by atoms with Crippen molar-refractivity contribution in [3.8, 4) is 0 Å². The molecule has 0 bridgehead atoms. The fraction of sp³-hybridized carbons (Fsp3) is 0.444. The quantitative estimate of drug-likeness (QED) is 0.302. The van der Waals surface area contributed by atoms with Crippen LogP contribution in [-0.4, -0.2) is 33.4 Å².